The predicted molar refractivity (Wildman–Crippen MR) is 75.0 cm³/mol. The Morgan fingerprint density at radius 2 is 1.78 bits per heavy atom. The average molecular weight is 249 g/mol. The van der Waals surface area contributed by atoms with Crippen LogP contribution in [-0.4, -0.2) is 24.0 Å². The van der Waals surface area contributed by atoms with E-state index in [0.717, 1.165) is 30.6 Å². The molecule has 0 heterocycles. The number of hydrogen-bond acceptors (Lipinski definition) is 3. The van der Waals surface area contributed by atoms with Crippen molar-refractivity contribution in [3.8, 4) is 0 Å². The Labute approximate surface area is 109 Å². The van der Waals surface area contributed by atoms with Crippen molar-refractivity contribution in [2.24, 2.45) is 5.41 Å². The number of anilines is 1. The zero-order valence-corrected chi connectivity index (χ0v) is 11.5. The quantitative estimate of drug-likeness (QED) is 0.730. The Morgan fingerprint density at radius 3 is 2.17 bits per heavy atom. The van der Waals surface area contributed by atoms with Gasteiger partial charge in [0, 0.05) is 23.2 Å². The van der Waals surface area contributed by atoms with E-state index in [4.69, 9.17) is 0 Å². The van der Waals surface area contributed by atoms with Crippen LogP contribution in [0, 0.1) is 5.41 Å². The lowest BCUT2D eigenvalue weighted by atomic mass is 9.83. The van der Waals surface area contributed by atoms with E-state index >= 15 is 0 Å². The molecule has 0 saturated carbocycles. The minimum Gasteiger partial charge on any atom is -0.396 e. The molecule has 0 radical (unpaired) electrons. The van der Waals surface area contributed by atoms with Crippen molar-refractivity contribution in [3.05, 3.63) is 29.8 Å². The molecule has 1 aromatic carbocycles. The van der Waals surface area contributed by atoms with Crippen molar-refractivity contribution in [1.29, 1.82) is 0 Å². The third-order valence-corrected chi connectivity index (χ3v) is 3.79. The zero-order chi connectivity index (χ0) is 13.6. The van der Waals surface area contributed by atoms with Gasteiger partial charge in [-0.05, 0) is 44.0 Å². The predicted octanol–water partition coefficient (Wildman–Crippen LogP) is 3.10. The van der Waals surface area contributed by atoms with Crippen LogP contribution in [0.1, 0.15) is 44.0 Å². The lowest BCUT2D eigenvalue weighted by molar-refractivity contribution is 0.101. The van der Waals surface area contributed by atoms with E-state index in [1.54, 1.807) is 6.92 Å². The van der Waals surface area contributed by atoms with Crippen LogP contribution in [0.4, 0.5) is 5.69 Å². The lowest BCUT2D eigenvalue weighted by Crippen LogP contribution is -2.32. The summed E-state index contributed by atoms with van der Waals surface area (Å²) in [6.07, 6.45) is 1.89. The van der Waals surface area contributed by atoms with Gasteiger partial charge in [0.05, 0.1) is 6.61 Å². The Kier molecular flexibility index (Phi) is 5.35. The van der Waals surface area contributed by atoms with E-state index in [1.165, 1.54) is 0 Å². The fourth-order valence-electron chi connectivity index (χ4n) is 1.89. The third-order valence-electron chi connectivity index (χ3n) is 3.79. The number of benzene rings is 1. The number of carbonyl (C=O) groups is 1. The maximum atomic E-state index is 11.2. The van der Waals surface area contributed by atoms with Gasteiger partial charge < -0.3 is 10.4 Å². The molecule has 0 aliphatic carbocycles. The lowest BCUT2D eigenvalue weighted by Gasteiger charge is -2.30. The second kappa shape index (κ2) is 6.55. The molecule has 0 atom stereocenters. The Hall–Kier alpha value is -1.35. The van der Waals surface area contributed by atoms with Crippen LogP contribution < -0.4 is 5.32 Å². The van der Waals surface area contributed by atoms with Crippen LogP contribution >= 0.6 is 0 Å². The molecule has 1 aromatic rings. The summed E-state index contributed by atoms with van der Waals surface area (Å²) >= 11 is 0. The van der Waals surface area contributed by atoms with Crippen molar-refractivity contribution >= 4 is 11.5 Å². The van der Waals surface area contributed by atoms with E-state index in [1.807, 2.05) is 24.3 Å². The number of nitrogens with one attached hydrogen (secondary N) is 1. The van der Waals surface area contributed by atoms with Crippen LogP contribution in [-0.2, 0) is 0 Å². The summed E-state index contributed by atoms with van der Waals surface area (Å²) in [5.74, 6) is 0.0772. The molecule has 0 aliphatic rings. The van der Waals surface area contributed by atoms with Crippen LogP contribution in [0.2, 0.25) is 0 Å². The number of hydrogen-bond donors (Lipinski definition) is 2. The fourth-order valence-corrected chi connectivity index (χ4v) is 1.89. The third kappa shape index (κ3) is 3.57. The SMILES string of the molecule is CCC(CC)(CO)CNc1ccc(C(C)=O)cc1. The van der Waals surface area contributed by atoms with Gasteiger partial charge in [-0.1, -0.05) is 13.8 Å². The molecule has 0 fully saturated rings. The highest BCUT2D eigenvalue weighted by Crippen LogP contribution is 2.26. The molecular weight excluding hydrogens is 226 g/mol. The summed E-state index contributed by atoms with van der Waals surface area (Å²) in [6.45, 7) is 6.70. The molecule has 0 saturated heterocycles. The standard InChI is InChI=1S/C15H23NO2/c1-4-15(5-2,11-17)10-16-14-8-6-13(7-9-14)12(3)18/h6-9,16-17H,4-5,10-11H2,1-3H3. The highest BCUT2D eigenvalue weighted by Gasteiger charge is 2.24. The molecule has 100 valence electrons. The highest BCUT2D eigenvalue weighted by molar-refractivity contribution is 5.94. The Bertz CT molecular complexity index is 372. The molecule has 0 bridgehead atoms. The molecule has 0 aliphatic heterocycles. The van der Waals surface area contributed by atoms with Gasteiger partial charge in [-0.3, -0.25) is 4.79 Å². The summed E-state index contributed by atoms with van der Waals surface area (Å²) in [5.41, 5.74) is 1.65. The first-order chi connectivity index (χ1) is 8.56. The second-order valence-corrected chi connectivity index (χ2v) is 4.85. The van der Waals surface area contributed by atoms with Crippen LogP contribution in [0.3, 0.4) is 0 Å². The number of aliphatic hydroxyl groups is 1. The minimum atomic E-state index is -0.0563. The normalized spacial score (nSPS) is 11.3. The molecule has 2 N–H and O–H groups in total. The van der Waals surface area contributed by atoms with Crippen molar-refractivity contribution in [3.63, 3.8) is 0 Å². The van der Waals surface area contributed by atoms with Crippen LogP contribution in [0.5, 0.6) is 0 Å². The highest BCUT2D eigenvalue weighted by atomic mass is 16.3. The first kappa shape index (κ1) is 14.7. The van der Waals surface area contributed by atoms with Gasteiger partial charge >= 0.3 is 0 Å². The molecule has 3 heteroatoms. The Morgan fingerprint density at radius 1 is 1.22 bits per heavy atom. The van der Waals surface area contributed by atoms with Gasteiger partial charge in [-0.2, -0.15) is 0 Å². The monoisotopic (exact) mass is 249 g/mol. The summed E-state index contributed by atoms with van der Waals surface area (Å²) in [5, 5.41) is 12.8. The number of aliphatic hydroxyl groups excluding tert-OH is 1. The van der Waals surface area contributed by atoms with Gasteiger partial charge in [0.25, 0.3) is 0 Å². The van der Waals surface area contributed by atoms with Gasteiger partial charge in [0.2, 0.25) is 0 Å². The Balaban J connectivity index is 2.65. The molecule has 0 aromatic heterocycles. The molecule has 1 rings (SSSR count). The van der Waals surface area contributed by atoms with Crippen molar-refractivity contribution < 1.29 is 9.90 Å². The van der Waals surface area contributed by atoms with Gasteiger partial charge in [-0.25, -0.2) is 0 Å². The van der Waals surface area contributed by atoms with Gasteiger partial charge in [-0.15, -0.1) is 0 Å². The molecular formula is C15H23NO2. The van der Waals surface area contributed by atoms with Crippen molar-refractivity contribution in [1.82, 2.24) is 0 Å². The fraction of sp³-hybridized carbons (Fsp3) is 0.533. The summed E-state index contributed by atoms with van der Waals surface area (Å²) in [6, 6.07) is 7.46. The molecule has 18 heavy (non-hydrogen) atoms. The maximum Gasteiger partial charge on any atom is 0.159 e. The van der Waals surface area contributed by atoms with Gasteiger partial charge in [0.15, 0.2) is 5.78 Å². The van der Waals surface area contributed by atoms with E-state index in [0.29, 0.717) is 0 Å². The minimum absolute atomic E-state index is 0.0563. The summed E-state index contributed by atoms with van der Waals surface area (Å²) < 4.78 is 0. The molecule has 0 unspecified atom stereocenters. The first-order valence-electron chi connectivity index (χ1n) is 6.52. The largest absolute Gasteiger partial charge is 0.396 e. The number of rotatable bonds is 7. The van der Waals surface area contributed by atoms with Crippen LogP contribution in [0.25, 0.3) is 0 Å². The summed E-state index contributed by atoms with van der Waals surface area (Å²) in [7, 11) is 0. The zero-order valence-electron chi connectivity index (χ0n) is 11.5. The molecule has 0 spiro atoms. The topological polar surface area (TPSA) is 49.3 Å². The number of Topliss-reactive ketones (excluding diaryl/α,β-unsaturated/α-hetero) is 1. The van der Waals surface area contributed by atoms with E-state index in [9.17, 15) is 9.90 Å². The average Bonchev–Trinajstić information content (AvgIpc) is 2.41. The van der Waals surface area contributed by atoms with E-state index in [-0.39, 0.29) is 17.8 Å². The molecule has 0 amide bonds. The number of ketones is 1. The second-order valence-electron chi connectivity index (χ2n) is 4.85. The summed E-state index contributed by atoms with van der Waals surface area (Å²) in [4.78, 5) is 11.2. The maximum absolute atomic E-state index is 11.2. The van der Waals surface area contributed by atoms with Crippen molar-refractivity contribution in [2.75, 3.05) is 18.5 Å². The first-order valence-corrected chi connectivity index (χ1v) is 6.52. The van der Waals surface area contributed by atoms with E-state index in [2.05, 4.69) is 19.2 Å². The van der Waals surface area contributed by atoms with E-state index < -0.39 is 0 Å². The molecule has 3 nitrogen and oxygen atoms in total. The number of carbonyl (C=O) groups excluding carboxylic acids is 1. The van der Waals surface area contributed by atoms with Crippen LogP contribution in [0.15, 0.2) is 24.3 Å². The van der Waals surface area contributed by atoms with Gasteiger partial charge in [0.1, 0.15) is 0 Å². The smallest absolute Gasteiger partial charge is 0.159 e. The van der Waals surface area contributed by atoms with Crippen molar-refractivity contribution in [2.45, 2.75) is 33.6 Å².